The Labute approximate surface area is 129 Å². The van der Waals surface area contributed by atoms with E-state index in [4.69, 9.17) is 5.11 Å². The number of carboxylic acid groups (broad SMARTS) is 1. The van der Waals surface area contributed by atoms with Crippen LogP contribution >= 0.6 is 0 Å². The minimum atomic E-state index is -1.03. The molecule has 0 bridgehead atoms. The van der Waals surface area contributed by atoms with Crippen molar-refractivity contribution in [2.75, 3.05) is 19.6 Å². The van der Waals surface area contributed by atoms with E-state index >= 15 is 0 Å². The highest BCUT2D eigenvalue weighted by Gasteiger charge is 2.16. The van der Waals surface area contributed by atoms with Gasteiger partial charge in [-0.15, -0.1) is 0 Å². The van der Waals surface area contributed by atoms with Crippen LogP contribution in [0.15, 0.2) is 24.3 Å². The molecule has 1 aromatic carbocycles. The van der Waals surface area contributed by atoms with Gasteiger partial charge in [-0.2, -0.15) is 0 Å². The summed E-state index contributed by atoms with van der Waals surface area (Å²) in [6.07, 6.45) is 3.56. The summed E-state index contributed by atoms with van der Waals surface area (Å²) in [7, 11) is 0. The second kappa shape index (κ2) is 7.59. The molecule has 1 saturated heterocycles. The lowest BCUT2D eigenvalue weighted by atomic mass is 10.1. The van der Waals surface area contributed by atoms with Crippen LogP contribution in [0, 0.1) is 0 Å². The molecule has 2 rings (SSSR count). The maximum atomic E-state index is 11.9. The van der Waals surface area contributed by atoms with Gasteiger partial charge in [-0.05, 0) is 43.5 Å². The van der Waals surface area contributed by atoms with Crippen molar-refractivity contribution in [1.82, 2.24) is 10.2 Å². The normalized spacial score (nSPS) is 14.5. The average Bonchev–Trinajstić information content (AvgIpc) is 2.55. The molecule has 6 nitrogen and oxygen atoms in total. The largest absolute Gasteiger partial charge is 0.478 e. The van der Waals surface area contributed by atoms with Crippen molar-refractivity contribution in [2.45, 2.75) is 25.7 Å². The summed E-state index contributed by atoms with van der Waals surface area (Å²) >= 11 is 0. The highest BCUT2D eigenvalue weighted by atomic mass is 16.4. The van der Waals surface area contributed by atoms with Gasteiger partial charge in [0.2, 0.25) is 5.91 Å². The van der Waals surface area contributed by atoms with E-state index in [9.17, 15) is 14.4 Å². The zero-order valence-electron chi connectivity index (χ0n) is 12.4. The van der Waals surface area contributed by atoms with Crippen LogP contribution in [0.3, 0.4) is 0 Å². The van der Waals surface area contributed by atoms with Crippen molar-refractivity contribution < 1.29 is 19.5 Å². The van der Waals surface area contributed by atoms with Gasteiger partial charge in [0.25, 0.3) is 5.91 Å². The van der Waals surface area contributed by atoms with Gasteiger partial charge in [-0.1, -0.05) is 0 Å². The predicted octanol–water partition coefficient (Wildman–Crippen LogP) is 1.52. The smallest absolute Gasteiger partial charge is 0.335 e. The molecule has 22 heavy (non-hydrogen) atoms. The van der Waals surface area contributed by atoms with Crippen LogP contribution in [0.25, 0.3) is 0 Å². The molecule has 1 heterocycles. The van der Waals surface area contributed by atoms with Gasteiger partial charge in [0.15, 0.2) is 0 Å². The molecule has 118 valence electrons. The molecule has 2 N–H and O–H groups in total. The maximum Gasteiger partial charge on any atom is 0.335 e. The minimum Gasteiger partial charge on any atom is -0.478 e. The number of carboxylic acids is 1. The lowest BCUT2D eigenvalue weighted by Crippen LogP contribution is -2.37. The van der Waals surface area contributed by atoms with Crippen molar-refractivity contribution in [3.8, 4) is 0 Å². The summed E-state index contributed by atoms with van der Waals surface area (Å²) in [5, 5.41) is 11.5. The zero-order valence-corrected chi connectivity index (χ0v) is 12.4. The lowest BCUT2D eigenvalue weighted by Gasteiger charge is -2.26. The summed E-state index contributed by atoms with van der Waals surface area (Å²) < 4.78 is 0. The molecule has 0 saturated carbocycles. The number of piperidine rings is 1. The maximum absolute atomic E-state index is 11.9. The molecule has 0 aliphatic carbocycles. The number of amides is 2. The molecule has 6 heteroatoms. The van der Waals surface area contributed by atoms with E-state index in [1.807, 2.05) is 4.90 Å². The predicted molar refractivity (Wildman–Crippen MR) is 80.8 cm³/mol. The zero-order chi connectivity index (χ0) is 15.9. The molecule has 0 unspecified atom stereocenters. The van der Waals surface area contributed by atoms with Gasteiger partial charge in [0.05, 0.1) is 5.56 Å². The molecular formula is C16H20N2O4. The molecule has 1 aromatic rings. The molecule has 1 aliphatic rings. The summed E-state index contributed by atoms with van der Waals surface area (Å²) in [5.41, 5.74) is 0.521. The topological polar surface area (TPSA) is 86.7 Å². The van der Waals surface area contributed by atoms with Crippen LogP contribution in [-0.2, 0) is 4.79 Å². The molecular weight excluding hydrogens is 284 g/mol. The van der Waals surface area contributed by atoms with E-state index in [1.165, 1.54) is 30.7 Å². The number of aromatic carboxylic acids is 1. The van der Waals surface area contributed by atoms with Gasteiger partial charge in [-0.3, -0.25) is 9.59 Å². The summed E-state index contributed by atoms with van der Waals surface area (Å²) in [6.45, 7) is 1.90. The summed E-state index contributed by atoms with van der Waals surface area (Å²) in [6, 6.07) is 5.70. The van der Waals surface area contributed by atoms with Gasteiger partial charge in [0, 0.05) is 31.6 Å². The van der Waals surface area contributed by atoms with Crippen molar-refractivity contribution in [1.29, 1.82) is 0 Å². The molecule has 0 radical (unpaired) electrons. The minimum absolute atomic E-state index is 0.0706. The molecule has 1 fully saturated rings. The van der Waals surface area contributed by atoms with Crippen molar-refractivity contribution in [3.05, 3.63) is 35.4 Å². The Morgan fingerprint density at radius 3 is 2.18 bits per heavy atom. The fraction of sp³-hybridized carbons (Fsp3) is 0.438. The third-order valence-electron chi connectivity index (χ3n) is 3.73. The van der Waals surface area contributed by atoms with Crippen LogP contribution in [0.5, 0.6) is 0 Å². The molecule has 1 aliphatic heterocycles. The van der Waals surface area contributed by atoms with Crippen LogP contribution in [0.1, 0.15) is 46.4 Å². The number of likely N-dealkylation sites (tertiary alicyclic amines) is 1. The first-order chi connectivity index (χ1) is 10.6. The molecule has 0 spiro atoms. The highest BCUT2D eigenvalue weighted by Crippen LogP contribution is 2.09. The molecule has 2 amide bonds. The number of nitrogens with one attached hydrogen (secondary N) is 1. The first-order valence-electron chi connectivity index (χ1n) is 7.47. The summed E-state index contributed by atoms with van der Waals surface area (Å²) in [5.74, 6) is -1.26. The first kappa shape index (κ1) is 16.0. The number of rotatable bonds is 5. The van der Waals surface area contributed by atoms with Crippen LogP contribution in [0.4, 0.5) is 0 Å². The Bertz CT molecular complexity index is 548. The third kappa shape index (κ3) is 4.31. The van der Waals surface area contributed by atoms with Gasteiger partial charge >= 0.3 is 5.97 Å². The molecule has 0 atom stereocenters. The number of nitrogens with zero attached hydrogens (tertiary/aromatic N) is 1. The van der Waals surface area contributed by atoms with Gasteiger partial charge in [0.1, 0.15) is 0 Å². The van der Waals surface area contributed by atoms with E-state index < -0.39 is 5.97 Å². The number of carbonyl (C=O) groups is 3. The average molecular weight is 304 g/mol. The van der Waals surface area contributed by atoms with Crippen molar-refractivity contribution in [3.63, 3.8) is 0 Å². The van der Waals surface area contributed by atoms with Gasteiger partial charge in [-0.25, -0.2) is 4.79 Å². The first-order valence-corrected chi connectivity index (χ1v) is 7.47. The van der Waals surface area contributed by atoms with E-state index in [1.54, 1.807) is 0 Å². The van der Waals surface area contributed by atoms with E-state index in [2.05, 4.69) is 5.32 Å². The highest BCUT2D eigenvalue weighted by molar-refractivity contribution is 5.96. The monoisotopic (exact) mass is 304 g/mol. The Morgan fingerprint density at radius 1 is 1.00 bits per heavy atom. The Kier molecular flexibility index (Phi) is 5.52. The lowest BCUT2D eigenvalue weighted by molar-refractivity contribution is -0.131. The Hall–Kier alpha value is -2.37. The Morgan fingerprint density at radius 2 is 1.59 bits per heavy atom. The number of carbonyl (C=O) groups excluding carboxylic acids is 2. The van der Waals surface area contributed by atoms with E-state index in [0.29, 0.717) is 12.0 Å². The van der Waals surface area contributed by atoms with Crippen molar-refractivity contribution in [2.24, 2.45) is 0 Å². The Balaban J connectivity index is 1.77. The quantitative estimate of drug-likeness (QED) is 0.863. The van der Waals surface area contributed by atoms with Crippen LogP contribution < -0.4 is 5.32 Å². The van der Waals surface area contributed by atoms with E-state index in [0.717, 1.165) is 25.9 Å². The van der Waals surface area contributed by atoms with Crippen molar-refractivity contribution >= 4 is 17.8 Å². The van der Waals surface area contributed by atoms with Crippen LogP contribution in [-0.4, -0.2) is 47.4 Å². The number of benzene rings is 1. The molecule has 0 aromatic heterocycles. The third-order valence-corrected chi connectivity index (χ3v) is 3.73. The fourth-order valence-electron chi connectivity index (χ4n) is 2.45. The van der Waals surface area contributed by atoms with Gasteiger partial charge < -0.3 is 15.3 Å². The van der Waals surface area contributed by atoms with Crippen LogP contribution in [0.2, 0.25) is 0 Å². The second-order valence-electron chi connectivity index (χ2n) is 5.33. The summed E-state index contributed by atoms with van der Waals surface area (Å²) in [4.78, 5) is 36.4. The number of hydrogen-bond donors (Lipinski definition) is 2. The standard InChI is InChI=1S/C16H20N2O4/c19-14(18-10-2-1-3-11-18)8-9-17-15(20)12-4-6-13(7-5-12)16(21)22/h4-7H,1-3,8-11H2,(H,17,20)(H,21,22). The SMILES string of the molecule is O=C(O)c1ccc(C(=O)NCCC(=O)N2CCCCC2)cc1. The number of hydrogen-bond acceptors (Lipinski definition) is 3. The van der Waals surface area contributed by atoms with E-state index in [-0.39, 0.29) is 23.9 Å². The fourth-order valence-corrected chi connectivity index (χ4v) is 2.45. The second-order valence-corrected chi connectivity index (χ2v) is 5.33.